The number of carboxylic acid groups (broad SMARTS) is 1. The van der Waals surface area contributed by atoms with Gasteiger partial charge in [-0.05, 0) is 55.9 Å². The quantitative estimate of drug-likeness (QED) is 0.457. The van der Waals surface area contributed by atoms with Crippen LogP contribution in [0.5, 0.6) is 5.75 Å². The molecule has 1 unspecified atom stereocenters. The Morgan fingerprint density at radius 3 is 2.39 bits per heavy atom. The molecule has 7 nitrogen and oxygen atoms in total. The topological polar surface area (TPSA) is 105 Å². The summed E-state index contributed by atoms with van der Waals surface area (Å²) in [4.78, 5) is 36.2. The highest BCUT2D eigenvalue weighted by Gasteiger charge is 2.30. The number of carboxylic acids is 1. The van der Waals surface area contributed by atoms with Gasteiger partial charge in [0, 0.05) is 18.0 Å². The van der Waals surface area contributed by atoms with Crippen molar-refractivity contribution in [3.63, 3.8) is 0 Å². The summed E-state index contributed by atoms with van der Waals surface area (Å²) in [5, 5.41) is 13.7. The fourth-order valence-corrected chi connectivity index (χ4v) is 5.57. The molecule has 0 radical (unpaired) electrons. The van der Waals surface area contributed by atoms with E-state index >= 15 is 0 Å². The van der Waals surface area contributed by atoms with E-state index < -0.39 is 46.3 Å². The predicted molar refractivity (Wildman–Crippen MR) is 125 cm³/mol. The lowest BCUT2D eigenvalue weighted by molar-refractivity contribution is -0.143. The van der Waals surface area contributed by atoms with Crippen LogP contribution in [0.2, 0.25) is 0 Å². The Balaban J connectivity index is 1.24. The van der Waals surface area contributed by atoms with E-state index in [0.717, 1.165) is 23.4 Å². The molecule has 192 valence electrons. The zero-order chi connectivity index (χ0) is 25.8. The molecule has 2 aromatic carbocycles. The van der Waals surface area contributed by atoms with Crippen LogP contribution in [0, 0.1) is 23.4 Å². The van der Waals surface area contributed by atoms with Gasteiger partial charge >= 0.3 is 5.97 Å². The number of benzene rings is 2. The monoisotopic (exact) mass is 522 g/mol. The van der Waals surface area contributed by atoms with Gasteiger partial charge in [0.1, 0.15) is 5.82 Å². The molecule has 1 aliphatic carbocycles. The van der Waals surface area contributed by atoms with Crippen molar-refractivity contribution in [3.05, 3.63) is 58.9 Å². The Morgan fingerprint density at radius 2 is 1.69 bits per heavy atom. The van der Waals surface area contributed by atoms with E-state index in [4.69, 9.17) is 9.84 Å². The van der Waals surface area contributed by atoms with Crippen LogP contribution in [-0.2, 0) is 16.0 Å². The third-order valence-corrected chi connectivity index (χ3v) is 7.68. The number of nitrogens with one attached hydrogen (secondary N) is 2. The third-order valence-electron chi connectivity index (χ3n) is 6.32. The van der Waals surface area contributed by atoms with Crippen molar-refractivity contribution in [2.75, 3.05) is 13.1 Å². The molecule has 0 saturated heterocycles. The van der Waals surface area contributed by atoms with Gasteiger partial charge in [-0.3, -0.25) is 14.4 Å². The van der Waals surface area contributed by atoms with E-state index in [1.54, 1.807) is 12.1 Å². The molecule has 11 heteroatoms. The van der Waals surface area contributed by atoms with E-state index in [1.165, 1.54) is 12.1 Å². The third kappa shape index (κ3) is 5.77. The maximum Gasteiger partial charge on any atom is 0.306 e. The van der Waals surface area contributed by atoms with Crippen LogP contribution in [0.25, 0.3) is 0 Å². The van der Waals surface area contributed by atoms with Crippen LogP contribution in [-0.4, -0.2) is 47.3 Å². The summed E-state index contributed by atoms with van der Waals surface area (Å²) >= 11 is 1.15. The Morgan fingerprint density at radius 1 is 0.972 bits per heavy atom. The summed E-state index contributed by atoms with van der Waals surface area (Å²) in [6.45, 7) is 0.0418. The van der Waals surface area contributed by atoms with Gasteiger partial charge in [0.25, 0.3) is 5.91 Å². The minimum atomic E-state index is -1.35. The van der Waals surface area contributed by atoms with E-state index in [2.05, 4.69) is 10.6 Å². The number of carbonyl (C=O) groups is 3. The normalized spacial score (nSPS) is 20.9. The lowest BCUT2D eigenvalue weighted by Crippen LogP contribution is -2.38. The van der Waals surface area contributed by atoms with Crippen LogP contribution in [0.3, 0.4) is 0 Å². The maximum absolute atomic E-state index is 14.5. The van der Waals surface area contributed by atoms with Gasteiger partial charge < -0.3 is 20.5 Å². The van der Waals surface area contributed by atoms with Gasteiger partial charge in [-0.25, -0.2) is 8.78 Å². The molecule has 1 saturated carbocycles. The van der Waals surface area contributed by atoms with Gasteiger partial charge in [0.05, 0.1) is 22.8 Å². The fraction of sp³-hybridized carbons (Fsp3) is 0.400. The zero-order valence-electron chi connectivity index (χ0n) is 19.2. The molecule has 1 fully saturated rings. The van der Waals surface area contributed by atoms with Gasteiger partial charge in [0.15, 0.2) is 11.6 Å². The summed E-state index contributed by atoms with van der Waals surface area (Å²) < 4.78 is 48.4. The number of rotatable bonds is 8. The Bertz CT molecular complexity index is 1170. The molecule has 1 atom stereocenters. The van der Waals surface area contributed by atoms with Gasteiger partial charge in [-0.1, -0.05) is 12.1 Å². The van der Waals surface area contributed by atoms with Crippen LogP contribution in [0.15, 0.2) is 35.2 Å². The van der Waals surface area contributed by atoms with Gasteiger partial charge in [-0.15, -0.1) is 11.8 Å². The lowest BCUT2D eigenvalue weighted by atomic mass is 9.87. The van der Waals surface area contributed by atoms with Crippen molar-refractivity contribution >= 4 is 29.5 Å². The second kappa shape index (κ2) is 11.2. The number of halogens is 3. The first-order valence-corrected chi connectivity index (χ1v) is 12.5. The molecule has 0 aromatic heterocycles. The molecule has 36 heavy (non-hydrogen) atoms. The minimum Gasteiger partial charge on any atom is -0.487 e. The van der Waals surface area contributed by atoms with Crippen LogP contribution >= 0.6 is 11.8 Å². The molecule has 3 N–H and O–H groups in total. The van der Waals surface area contributed by atoms with Gasteiger partial charge in [0.2, 0.25) is 11.7 Å². The summed E-state index contributed by atoms with van der Waals surface area (Å²) in [5.41, 5.74) is 0.268. The summed E-state index contributed by atoms with van der Waals surface area (Å²) in [7, 11) is 0. The van der Waals surface area contributed by atoms with Crippen molar-refractivity contribution in [1.29, 1.82) is 0 Å². The zero-order valence-corrected chi connectivity index (χ0v) is 20.0. The highest BCUT2D eigenvalue weighted by atomic mass is 32.2. The molecule has 2 aromatic rings. The minimum absolute atomic E-state index is 0.0185. The van der Waals surface area contributed by atoms with Crippen LogP contribution < -0.4 is 15.4 Å². The van der Waals surface area contributed by atoms with Crippen molar-refractivity contribution in [2.45, 2.75) is 48.4 Å². The van der Waals surface area contributed by atoms with Crippen molar-refractivity contribution in [2.24, 2.45) is 5.92 Å². The summed E-state index contributed by atoms with van der Waals surface area (Å²) in [6, 6.07) is 7.00. The molecule has 1 aliphatic heterocycles. The van der Waals surface area contributed by atoms with E-state index in [0.29, 0.717) is 37.0 Å². The van der Waals surface area contributed by atoms with Crippen molar-refractivity contribution in [3.8, 4) is 5.75 Å². The van der Waals surface area contributed by atoms with E-state index in [1.807, 2.05) is 0 Å². The number of amides is 2. The second-order valence-corrected chi connectivity index (χ2v) is 9.97. The number of hydrogen-bond donors (Lipinski definition) is 3. The van der Waals surface area contributed by atoms with E-state index in [-0.39, 0.29) is 30.6 Å². The largest absolute Gasteiger partial charge is 0.487 e. The van der Waals surface area contributed by atoms with Crippen LogP contribution in [0.1, 0.15) is 41.6 Å². The maximum atomic E-state index is 14.5. The number of aliphatic carboxylic acids is 1. The first-order valence-electron chi connectivity index (χ1n) is 11.6. The molecule has 2 amide bonds. The molecule has 0 bridgehead atoms. The Hall–Kier alpha value is -3.21. The molecular formula is C25H25F3N2O5S. The molecule has 2 aliphatic rings. The number of carbonyl (C=O) groups excluding carboxylic acids is 2. The molecule has 4 rings (SSSR count). The van der Waals surface area contributed by atoms with Crippen molar-refractivity contribution < 1.29 is 37.4 Å². The Labute approximate surface area is 209 Å². The highest BCUT2D eigenvalue weighted by Crippen LogP contribution is 2.38. The highest BCUT2D eigenvalue weighted by molar-refractivity contribution is 8.01. The number of ether oxygens (including phenoxy) is 1. The SMILES string of the molecule is O=C(NCCNC(=O)C1Cc2cccc(F)c2S1)c1ccc(O[C@H]2CC[C@@H](C(=O)O)CC2)c(F)c1F. The number of hydrogen-bond acceptors (Lipinski definition) is 5. The summed E-state index contributed by atoms with van der Waals surface area (Å²) in [5.74, 6) is -5.83. The smallest absolute Gasteiger partial charge is 0.306 e. The number of thioether (sulfide) groups is 1. The van der Waals surface area contributed by atoms with Crippen molar-refractivity contribution in [1.82, 2.24) is 10.6 Å². The number of fused-ring (bicyclic) bond motifs is 1. The molecule has 0 spiro atoms. The first kappa shape index (κ1) is 25.9. The Kier molecular flexibility index (Phi) is 8.07. The lowest BCUT2D eigenvalue weighted by Gasteiger charge is -2.27. The summed E-state index contributed by atoms with van der Waals surface area (Å²) in [6.07, 6.45) is 1.57. The van der Waals surface area contributed by atoms with E-state index in [9.17, 15) is 27.6 Å². The average Bonchev–Trinajstić information content (AvgIpc) is 3.31. The standard InChI is InChI=1S/C25H25F3N2O5S/c26-17-3-1-2-14-12-19(36-22(14)17)24(32)30-11-10-29-23(31)16-8-9-18(21(28)20(16)27)35-15-6-4-13(5-7-15)25(33)34/h1-3,8-9,13,15,19H,4-7,10-12H2,(H,29,31)(H,30,32)(H,33,34)/t13-,15+,19?. The predicted octanol–water partition coefficient (Wildman–Crippen LogP) is 3.69. The average molecular weight is 523 g/mol. The fourth-order valence-electron chi connectivity index (χ4n) is 4.35. The first-order chi connectivity index (χ1) is 17.2. The van der Waals surface area contributed by atoms with Gasteiger partial charge in [-0.2, -0.15) is 4.39 Å². The second-order valence-electron chi connectivity index (χ2n) is 8.75. The molecular weight excluding hydrogens is 497 g/mol. The molecule has 1 heterocycles. The van der Waals surface area contributed by atoms with Crippen LogP contribution in [0.4, 0.5) is 13.2 Å².